The fraction of sp³-hybridized carbons (Fsp3) is 0.235. The molecule has 0 fully saturated rings. The number of aliphatic carboxylic acids is 1. The summed E-state index contributed by atoms with van der Waals surface area (Å²) in [5, 5.41) is 11.8. The van der Waals surface area contributed by atoms with E-state index >= 15 is 0 Å². The van der Waals surface area contributed by atoms with Gasteiger partial charge >= 0.3 is 5.97 Å². The van der Waals surface area contributed by atoms with Gasteiger partial charge in [0.1, 0.15) is 0 Å². The zero-order valence-corrected chi connectivity index (χ0v) is 11.5. The van der Waals surface area contributed by atoms with Crippen molar-refractivity contribution in [2.24, 2.45) is 0 Å². The third-order valence-electron chi connectivity index (χ3n) is 3.31. The first-order chi connectivity index (χ1) is 9.66. The highest BCUT2D eigenvalue weighted by atomic mass is 16.4. The van der Waals surface area contributed by atoms with E-state index in [0.29, 0.717) is 6.54 Å². The molecule has 2 N–H and O–H groups in total. The first-order valence-corrected chi connectivity index (χ1v) is 6.77. The lowest BCUT2D eigenvalue weighted by atomic mass is 10.0. The quantitative estimate of drug-likeness (QED) is 0.844. The fourth-order valence-corrected chi connectivity index (χ4v) is 2.11. The van der Waals surface area contributed by atoms with Gasteiger partial charge in [-0.15, -0.1) is 0 Å². The van der Waals surface area contributed by atoms with Crippen LogP contribution < -0.4 is 5.32 Å². The normalized spacial score (nSPS) is 12.1. The van der Waals surface area contributed by atoms with Gasteiger partial charge in [0, 0.05) is 12.6 Å². The van der Waals surface area contributed by atoms with Crippen LogP contribution in [-0.4, -0.2) is 17.6 Å². The lowest BCUT2D eigenvalue weighted by Crippen LogP contribution is -2.21. The van der Waals surface area contributed by atoms with E-state index in [-0.39, 0.29) is 12.5 Å². The van der Waals surface area contributed by atoms with Crippen molar-refractivity contribution in [3.8, 4) is 11.1 Å². The smallest absolute Gasteiger partial charge is 0.304 e. The number of carbonyl (C=O) groups is 1. The molecule has 0 aliphatic carbocycles. The van der Waals surface area contributed by atoms with Crippen LogP contribution in [-0.2, 0) is 4.79 Å². The van der Waals surface area contributed by atoms with E-state index in [9.17, 15) is 4.79 Å². The molecular formula is C17H19NO2. The molecule has 104 valence electrons. The summed E-state index contributed by atoms with van der Waals surface area (Å²) >= 11 is 0. The zero-order valence-electron chi connectivity index (χ0n) is 11.5. The molecule has 2 aromatic rings. The minimum Gasteiger partial charge on any atom is -0.481 e. The molecule has 1 atom stereocenters. The monoisotopic (exact) mass is 269 g/mol. The molecule has 0 aliphatic rings. The topological polar surface area (TPSA) is 49.3 Å². The number of rotatable bonds is 6. The van der Waals surface area contributed by atoms with Crippen molar-refractivity contribution in [1.82, 2.24) is 5.32 Å². The third-order valence-corrected chi connectivity index (χ3v) is 3.31. The summed E-state index contributed by atoms with van der Waals surface area (Å²) in [5.41, 5.74) is 3.55. The Balaban J connectivity index is 1.99. The Kier molecular flexibility index (Phi) is 4.91. The van der Waals surface area contributed by atoms with Gasteiger partial charge in [-0.05, 0) is 23.6 Å². The average Bonchev–Trinajstić information content (AvgIpc) is 2.48. The summed E-state index contributed by atoms with van der Waals surface area (Å²) in [6.45, 7) is 2.52. The summed E-state index contributed by atoms with van der Waals surface area (Å²) in [4.78, 5) is 10.5. The van der Waals surface area contributed by atoms with Gasteiger partial charge in [-0.2, -0.15) is 0 Å². The van der Waals surface area contributed by atoms with E-state index < -0.39 is 5.97 Å². The molecular weight excluding hydrogens is 250 g/mol. The van der Waals surface area contributed by atoms with E-state index in [1.807, 2.05) is 25.1 Å². The molecule has 3 nitrogen and oxygen atoms in total. The average molecular weight is 269 g/mol. The highest BCUT2D eigenvalue weighted by Gasteiger charge is 2.06. The number of nitrogens with one attached hydrogen (secondary N) is 1. The Hall–Kier alpha value is -2.13. The lowest BCUT2D eigenvalue weighted by molar-refractivity contribution is -0.136. The highest BCUT2D eigenvalue weighted by molar-refractivity contribution is 5.67. The molecule has 2 aromatic carbocycles. The first kappa shape index (κ1) is 14.3. The minimum atomic E-state index is -0.774. The predicted octanol–water partition coefficient (Wildman–Crippen LogP) is 3.48. The van der Waals surface area contributed by atoms with Crippen molar-refractivity contribution in [3.05, 3.63) is 60.2 Å². The third kappa shape index (κ3) is 3.93. The van der Waals surface area contributed by atoms with Crippen molar-refractivity contribution in [1.29, 1.82) is 0 Å². The number of hydrogen-bond donors (Lipinski definition) is 2. The lowest BCUT2D eigenvalue weighted by Gasteiger charge is -2.14. The van der Waals surface area contributed by atoms with Crippen LogP contribution in [0.4, 0.5) is 0 Å². The predicted molar refractivity (Wildman–Crippen MR) is 80.5 cm³/mol. The van der Waals surface area contributed by atoms with E-state index in [1.54, 1.807) is 0 Å². The van der Waals surface area contributed by atoms with Gasteiger partial charge in [0.15, 0.2) is 0 Å². The Morgan fingerprint density at radius 1 is 1.05 bits per heavy atom. The standard InChI is InChI=1S/C17H19NO2/c1-13(18-12-11-17(19)20)14-7-9-16(10-8-14)15-5-3-2-4-6-15/h2-10,13,18H,11-12H2,1H3,(H,19,20). The number of hydrogen-bond acceptors (Lipinski definition) is 2. The number of benzene rings is 2. The second kappa shape index (κ2) is 6.87. The van der Waals surface area contributed by atoms with Gasteiger partial charge in [0.2, 0.25) is 0 Å². The second-order valence-electron chi connectivity index (χ2n) is 4.81. The molecule has 0 saturated carbocycles. The van der Waals surface area contributed by atoms with Crippen LogP contribution in [0.25, 0.3) is 11.1 Å². The number of carboxylic acid groups (broad SMARTS) is 1. The molecule has 0 spiro atoms. The van der Waals surface area contributed by atoms with E-state index in [1.165, 1.54) is 11.1 Å². The summed E-state index contributed by atoms with van der Waals surface area (Å²) < 4.78 is 0. The maximum absolute atomic E-state index is 10.5. The first-order valence-electron chi connectivity index (χ1n) is 6.77. The van der Waals surface area contributed by atoms with Crippen molar-refractivity contribution >= 4 is 5.97 Å². The Labute approximate surface area is 119 Å². The van der Waals surface area contributed by atoms with Crippen LogP contribution in [0.15, 0.2) is 54.6 Å². The van der Waals surface area contributed by atoms with Crippen LogP contribution in [0.1, 0.15) is 24.9 Å². The molecule has 3 heteroatoms. The van der Waals surface area contributed by atoms with Gasteiger partial charge in [0.05, 0.1) is 6.42 Å². The molecule has 0 amide bonds. The molecule has 0 saturated heterocycles. The summed E-state index contributed by atoms with van der Waals surface area (Å²) in [6, 6.07) is 18.7. The van der Waals surface area contributed by atoms with Gasteiger partial charge in [0.25, 0.3) is 0 Å². The van der Waals surface area contributed by atoms with Crippen LogP contribution >= 0.6 is 0 Å². The zero-order chi connectivity index (χ0) is 14.4. The van der Waals surface area contributed by atoms with Gasteiger partial charge in [-0.1, -0.05) is 54.6 Å². The Morgan fingerprint density at radius 2 is 1.65 bits per heavy atom. The van der Waals surface area contributed by atoms with Gasteiger partial charge < -0.3 is 10.4 Å². The van der Waals surface area contributed by atoms with Crippen LogP contribution in [0.5, 0.6) is 0 Å². The molecule has 0 aromatic heterocycles. The molecule has 0 heterocycles. The summed E-state index contributed by atoms with van der Waals surface area (Å²) in [7, 11) is 0. The van der Waals surface area contributed by atoms with E-state index in [0.717, 1.165) is 5.56 Å². The van der Waals surface area contributed by atoms with Gasteiger partial charge in [-0.3, -0.25) is 4.79 Å². The molecule has 1 unspecified atom stereocenters. The van der Waals surface area contributed by atoms with Gasteiger partial charge in [-0.25, -0.2) is 0 Å². The maximum atomic E-state index is 10.5. The molecule has 0 radical (unpaired) electrons. The Bertz CT molecular complexity index is 549. The summed E-state index contributed by atoms with van der Waals surface area (Å²) in [6.07, 6.45) is 0.145. The van der Waals surface area contributed by atoms with Crippen LogP contribution in [0.2, 0.25) is 0 Å². The molecule has 0 bridgehead atoms. The maximum Gasteiger partial charge on any atom is 0.304 e. The van der Waals surface area contributed by atoms with Crippen molar-refractivity contribution < 1.29 is 9.90 Å². The summed E-state index contributed by atoms with van der Waals surface area (Å²) in [5.74, 6) is -0.774. The van der Waals surface area contributed by atoms with Crippen molar-refractivity contribution in [3.63, 3.8) is 0 Å². The minimum absolute atomic E-state index is 0.145. The highest BCUT2D eigenvalue weighted by Crippen LogP contribution is 2.21. The van der Waals surface area contributed by atoms with Crippen LogP contribution in [0.3, 0.4) is 0 Å². The molecule has 0 aliphatic heterocycles. The van der Waals surface area contributed by atoms with E-state index in [4.69, 9.17) is 5.11 Å². The largest absolute Gasteiger partial charge is 0.481 e. The fourth-order valence-electron chi connectivity index (χ4n) is 2.11. The number of carboxylic acids is 1. The SMILES string of the molecule is CC(NCCC(=O)O)c1ccc(-c2ccccc2)cc1. The second-order valence-corrected chi connectivity index (χ2v) is 4.81. The van der Waals surface area contributed by atoms with Crippen molar-refractivity contribution in [2.75, 3.05) is 6.54 Å². The van der Waals surface area contributed by atoms with Crippen molar-refractivity contribution in [2.45, 2.75) is 19.4 Å². The molecule has 2 rings (SSSR count). The van der Waals surface area contributed by atoms with E-state index in [2.05, 4.69) is 41.7 Å². The molecule has 20 heavy (non-hydrogen) atoms. The van der Waals surface area contributed by atoms with Crippen LogP contribution in [0, 0.1) is 0 Å². The Morgan fingerprint density at radius 3 is 2.25 bits per heavy atom.